The lowest BCUT2D eigenvalue weighted by Crippen LogP contribution is -2.26. The number of hydrogen-bond donors (Lipinski definition) is 2. The number of furan rings is 1. The van der Waals surface area contributed by atoms with Crippen LogP contribution in [0.3, 0.4) is 0 Å². The normalized spacial score (nSPS) is 20.9. The lowest BCUT2D eigenvalue weighted by atomic mass is 10.1. The van der Waals surface area contributed by atoms with Gasteiger partial charge in [0.1, 0.15) is 0 Å². The van der Waals surface area contributed by atoms with Crippen LogP contribution in [0.4, 0.5) is 0 Å². The molecule has 1 atom stereocenters. The maximum absolute atomic E-state index is 11.6. The molecule has 1 aromatic rings. The van der Waals surface area contributed by atoms with E-state index < -0.39 is 5.97 Å². The van der Waals surface area contributed by atoms with Crippen LogP contribution in [0.1, 0.15) is 41.4 Å². The van der Waals surface area contributed by atoms with Crippen LogP contribution in [-0.4, -0.2) is 23.5 Å². The lowest BCUT2D eigenvalue weighted by molar-refractivity contribution is 0.0659. The van der Waals surface area contributed by atoms with Crippen LogP contribution in [-0.2, 0) is 0 Å². The Morgan fingerprint density at radius 2 is 2.06 bits per heavy atom. The Hall–Kier alpha value is -1.78. The van der Waals surface area contributed by atoms with Crippen LogP contribution in [0, 0.1) is 11.3 Å². The highest BCUT2D eigenvalue weighted by atomic mass is 16.4. The van der Waals surface area contributed by atoms with E-state index in [1.165, 1.54) is 12.1 Å². The average molecular weight is 237 g/mol. The van der Waals surface area contributed by atoms with Crippen LogP contribution in [0.2, 0.25) is 0 Å². The number of rotatable bonds is 4. The van der Waals surface area contributed by atoms with Gasteiger partial charge in [-0.15, -0.1) is 0 Å². The van der Waals surface area contributed by atoms with Gasteiger partial charge in [-0.2, -0.15) is 0 Å². The van der Waals surface area contributed by atoms with Crippen LogP contribution >= 0.6 is 0 Å². The van der Waals surface area contributed by atoms with E-state index in [9.17, 15) is 9.59 Å². The minimum absolute atomic E-state index is 0.0425. The second-order valence-corrected chi connectivity index (χ2v) is 5.07. The van der Waals surface area contributed by atoms with Crippen molar-refractivity contribution in [2.24, 2.45) is 11.3 Å². The standard InChI is InChI=1S/C12H15NO4/c1-12(2)5-7(12)6-13-10(14)8-3-4-9(17-8)11(15)16/h3-4,7H,5-6H2,1-2H3,(H,13,14)(H,15,16). The van der Waals surface area contributed by atoms with Crippen molar-refractivity contribution >= 4 is 11.9 Å². The Morgan fingerprint density at radius 1 is 1.47 bits per heavy atom. The second-order valence-electron chi connectivity index (χ2n) is 5.07. The largest absolute Gasteiger partial charge is 0.475 e. The Labute approximate surface area is 98.8 Å². The molecule has 1 aliphatic rings. The van der Waals surface area contributed by atoms with Crippen molar-refractivity contribution in [1.29, 1.82) is 0 Å². The predicted molar refractivity (Wildman–Crippen MR) is 59.9 cm³/mol. The fourth-order valence-corrected chi connectivity index (χ4v) is 1.80. The van der Waals surface area contributed by atoms with Crippen molar-refractivity contribution in [3.63, 3.8) is 0 Å². The Bertz CT molecular complexity index is 461. The van der Waals surface area contributed by atoms with Gasteiger partial charge in [-0.1, -0.05) is 13.8 Å². The zero-order valence-electron chi connectivity index (χ0n) is 9.82. The summed E-state index contributed by atoms with van der Waals surface area (Å²) in [6.45, 7) is 4.91. The van der Waals surface area contributed by atoms with Gasteiger partial charge in [-0.25, -0.2) is 4.79 Å². The number of hydrogen-bond acceptors (Lipinski definition) is 3. The van der Waals surface area contributed by atoms with Crippen LogP contribution in [0.15, 0.2) is 16.5 Å². The molecule has 0 aromatic carbocycles. The van der Waals surface area contributed by atoms with Crippen molar-refractivity contribution in [3.8, 4) is 0 Å². The first-order valence-electron chi connectivity index (χ1n) is 5.51. The average Bonchev–Trinajstić information content (AvgIpc) is 2.68. The van der Waals surface area contributed by atoms with E-state index in [-0.39, 0.29) is 17.4 Å². The molecular formula is C12H15NO4. The SMILES string of the molecule is CC1(C)CC1CNC(=O)c1ccc(C(=O)O)o1. The number of carbonyl (C=O) groups is 2. The first kappa shape index (κ1) is 11.7. The van der Waals surface area contributed by atoms with Gasteiger partial charge in [-0.3, -0.25) is 4.79 Å². The first-order chi connectivity index (χ1) is 7.90. The Kier molecular flexibility index (Phi) is 2.69. The quantitative estimate of drug-likeness (QED) is 0.836. The fourth-order valence-electron chi connectivity index (χ4n) is 1.80. The van der Waals surface area contributed by atoms with Gasteiger partial charge >= 0.3 is 5.97 Å². The van der Waals surface area contributed by atoms with Gasteiger partial charge in [0.25, 0.3) is 5.91 Å². The van der Waals surface area contributed by atoms with Gasteiger partial charge in [0.2, 0.25) is 5.76 Å². The third-order valence-corrected chi connectivity index (χ3v) is 3.27. The molecule has 2 rings (SSSR count). The highest BCUT2D eigenvalue weighted by Crippen LogP contribution is 2.50. The first-order valence-corrected chi connectivity index (χ1v) is 5.51. The molecule has 5 heteroatoms. The van der Waals surface area contributed by atoms with Crippen LogP contribution in [0.5, 0.6) is 0 Å². The molecular weight excluding hydrogens is 222 g/mol. The summed E-state index contributed by atoms with van der Waals surface area (Å²) >= 11 is 0. The summed E-state index contributed by atoms with van der Waals surface area (Å²) < 4.78 is 4.90. The van der Waals surface area contributed by atoms with Crippen LogP contribution < -0.4 is 5.32 Å². The molecule has 1 heterocycles. The highest BCUT2D eigenvalue weighted by molar-refractivity contribution is 5.93. The molecule has 0 spiro atoms. The lowest BCUT2D eigenvalue weighted by Gasteiger charge is -2.04. The zero-order valence-corrected chi connectivity index (χ0v) is 9.82. The number of carboxylic acid groups (broad SMARTS) is 1. The van der Waals surface area contributed by atoms with Crippen molar-refractivity contribution in [3.05, 3.63) is 23.7 Å². The van der Waals surface area contributed by atoms with Gasteiger partial charge in [-0.05, 0) is 29.9 Å². The zero-order chi connectivity index (χ0) is 12.6. The van der Waals surface area contributed by atoms with E-state index in [1.807, 2.05) is 0 Å². The summed E-state index contributed by atoms with van der Waals surface area (Å²) in [6.07, 6.45) is 1.10. The molecule has 2 N–H and O–H groups in total. The van der Waals surface area contributed by atoms with E-state index >= 15 is 0 Å². The number of carboxylic acids is 1. The number of amides is 1. The van der Waals surface area contributed by atoms with Gasteiger partial charge in [0.05, 0.1) is 0 Å². The third kappa shape index (κ3) is 2.49. The molecule has 0 aliphatic heterocycles. The maximum atomic E-state index is 11.6. The number of nitrogens with one attached hydrogen (secondary N) is 1. The topological polar surface area (TPSA) is 79.5 Å². The minimum Gasteiger partial charge on any atom is -0.475 e. The molecule has 0 bridgehead atoms. The highest BCUT2D eigenvalue weighted by Gasteiger charge is 2.45. The molecule has 5 nitrogen and oxygen atoms in total. The molecule has 1 unspecified atom stereocenters. The molecule has 0 saturated heterocycles. The molecule has 1 aliphatic carbocycles. The monoisotopic (exact) mass is 237 g/mol. The van der Waals surface area contributed by atoms with Gasteiger partial charge < -0.3 is 14.8 Å². The van der Waals surface area contributed by atoms with Crippen molar-refractivity contribution in [1.82, 2.24) is 5.32 Å². The fraction of sp³-hybridized carbons (Fsp3) is 0.500. The van der Waals surface area contributed by atoms with E-state index in [0.717, 1.165) is 6.42 Å². The van der Waals surface area contributed by atoms with Gasteiger partial charge in [0, 0.05) is 6.54 Å². The van der Waals surface area contributed by atoms with Crippen molar-refractivity contribution in [2.45, 2.75) is 20.3 Å². The smallest absolute Gasteiger partial charge is 0.371 e. The summed E-state index contributed by atoms with van der Waals surface area (Å²) in [5.74, 6) is -1.21. The van der Waals surface area contributed by atoms with E-state index in [1.54, 1.807) is 0 Å². The second kappa shape index (κ2) is 3.91. The minimum atomic E-state index is -1.17. The number of aromatic carboxylic acids is 1. The maximum Gasteiger partial charge on any atom is 0.371 e. The van der Waals surface area contributed by atoms with Gasteiger partial charge in [0.15, 0.2) is 5.76 Å². The molecule has 1 aromatic heterocycles. The molecule has 0 radical (unpaired) electrons. The summed E-state index contributed by atoms with van der Waals surface area (Å²) in [7, 11) is 0. The summed E-state index contributed by atoms with van der Waals surface area (Å²) in [5.41, 5.74) is 0.308. The van der Waals surface area contributed by atoms with E-state index in [2.05, 4.69) is 19.2 Å². The van der Waals surface area contributed by atoms with Crippen LogP contribution in [0.25, 0.3) is 0 Å². The third-order valence-electron chi connectivity index (χ3n) is 3.27. The summed E-state index contributed by atoms with van der Waals surface area (Å²) in [5, 5.41) is 11.4. The van der Waals surface area contributed by atoms with E-state index in [0.29, 0.717) is 17.9 Å². The van der Waals surface area contributed by atoms with E-state index in [4.69, 9.17) is 9.52 Å². The van der Waals surface area contributed by atoms with Crippen molar-refractivity contribution in [2.75, 3.05) is 6.54 Å². The summed E-state index contributed by atoms with van der Waals surface area (Å²) in [6, 6.07) is 2.65. The predicted octanol–water partition coefficient (Wildman–Crippen LogP) is 1.75. The summed E-state index contributed by atoms with van der Waals surface area (Å²) in [4.78, 5) is 22.2. The molecule has 17 heavy (non-hydrogen) atoms. The molecule has 1 fully saturated rings. The molecule has 92 valence electrons. The molecule has 1 saturated carbocycles. The molecule has 1 amide bonds. The number of carbonyl (C=O) groups excluding carboxylic acids is 1. The Morgan fingerprint density at radius 3 is 2.53 bits per heavy atom. The Balaban J connectivity index is 1.89. The van der Waals surface area contributed by atoms with Crippen molar-refractivity contribution < 1.29 is 19.1 Å².